The lowest BCUT2D eigenvalue weighted by molar-refractivity contribution is 0.102. The van der Waals surface area contributed by atoms with E-state index in [0.717, 1.165) is 0 Å². The standard InChI is InChI=1S/C25H21N5O3/c1-32-16-12-13-20(33-2)19(14-16)30-23(26)21(25(31)27-15-8-4-3-5-9-15)22-24(30)29-18-11-7-6-10-17(18)28-22/h3-14H,26H2,1-2H3,(H,27,31). The van der Waals surface area contributed by atoms with Crippen LogP contribution in [0.5, 0.6) is 11.5 Å². The Morgan fingerprint density at radius 1 is 0.909 bits per heavy atom. The minimum atomic E-state index is -0.381. The summed E-state index contributed by atoms with van der Waals surface area (Å²) in [6.07, 6.45) is 0. The number of carbonyl (C=O) groups excluding carboxylic acids is 1. The van der Waals surface area contributed by atoms with Crippen molar-refractivity contribution in [1.29, 1.82) is 0 Å². The SMILES string of the molecule is COc1ccc(OC)c(-n2c(N)c(C(=O)Nc3ccccc3)c3nc4ccccc4nc32)c1. The molecule has 0 aliphatic carbocycles. The van der Waals surface area contributed by atoms with Gasteiger partial charge < -0.3 is 20.5 Å². The second-order valence-corrected chi connectivity index (χ2v) is 7.34. The van der Waals surface area contributed by atoms with Crippen LogP contribution in [0.25, 0.3) is 27.9 Å². The van der Waals surface area contributed by atoms with Crippen LogP contribution >= 0.6 is 0 Å². The number of carbonyl (C=O) groups is 1. The number of anilines is 2. The van der Waals surface area contributed by atoms with Gasteiger partial charge in [-0.05, 0) is 36.4 Å². The van der Waals surface area contributed by atoms with E-state index < -0.39 is 0 Å². The highest BCUT2D eigenvalue weighted by Gasteiger charge is 2.26. The van der Waals surface area contributed by atoms with Crippen molar-refractivity contribution in [2.45, 2.75) is 0 Å². The Balaban J connectivity index is 1.81. The molecule has 5 rings (SSSR count). The summed E-state index contributed by atoms with van der Waals surface area (Å²) in [5.41, 5.74) is 10.2. The van der Waals surface area contributed by atoms with Gasteiger partial charge >= 0.3 is 0 Å². The molecule has 3 N–H and O–H groups in total. The lowest BCUT2D eigenvalue weighted by Gasteiger charge is -2.14. The average Bonchev–Trinajstić information content (AvgIpc) is 3.13. The maximum Gasteiger partial charge on any atom is 0.261 e. The lowest BCUT2D eigenvalue weighted by Crippen LogP contribution is -2.14. The van der Waals surface area contributed by atoms with Gasteiger partial charge in [-0.15, -0.1) is 0 Å². The quantitative estimate of drug-likeness (QED) is 0.420. The van der Waals surface area contributed by atoms with E-state index in [1.807, 2.05) is 42.5 Å². The summed E-state index contributed by atoms with van der Waals surface area (Å²) in [6, 6.07) is 22.0. The molecule has 33 heavy (non-hydrogen) atoms. The molecule has 0 aliphatic heterocycles. The van der Waals surface area contributed by atoms with Gasteiger partial charge in [0.1, 0.15) is 28.4 Å². The molecule has 0 saturated heterocycles. The number of benzene rings is 3. The maximum atomic E-state index is 13.4. The Bertz CT molecular complexity index is 1500. The molecule has 0 spiro atoms. The van der Waals surface area contributed by atoms with Crippen molar-refractivity contribution in [3.63, 3.8) is 0 Å². The molecule has 8 heteroatoms. The first-order chi connectivity index (χ1) is 16.1. The number of rotatable bonds is 5. The molecule has 164 valence electrons. The van der Waals surface area contributed by atoms with Gasteiger partial charge in [0.15, 0.2) is 5.65 Å². The van der Waals surface area contributed by atoms with Crippen LogP contribution in [0.3, 0.4) is 0 Å². The fraction of sp³-hybridized carbons (Fsp3) is 0.0800. The van der Waals surface area contributed by atoms with Crippen LogP contribution in [0.1, 0.15) is 10.4 Å². The minimum Gasteiger partial charge on any atom is -0.497 e. The molecular weight excluding hydrogens is 418 g/mol. The fourth-order valence-corrected chi connectivity index (χ4v) is 3.82. The number of nitrogen functional groups attached to an aromatic ring is 1. The number of amides is 1. The predicted molar refractivity (Wildman–Crippen MR) is 128 cm³/mol. The zero-order valence-corrected chi connectivity index (χ0v) is 18.1. The summed E-state index contributed by atoms with van der Waals surface area (Å²) in [5.74, 6) is 0.967. The van der Waals surface area contributed by atoms with Gasteiger partial charge in [0, 0.05) is 11.8 Å². The van der Waals surface area contributed by atoms with E-state index in [0.29, 0.717) is 45.1 Å². The molecule has 0 atom stereocenters. The Morgan fingerprint density at radius 3 is 2.30 bits per heavy atom. The lowest BCUT2D eigenvalue weighted by atomic mass is 10.2. The minimum absolute atomic E-state index is 0.195. The highest BCUT2D eigenvalue weighted by molar-refractivity contribution is 6.16. The normalized spacial score (nSPS) is 11.0. The first-order valence-electron chi connectivity index (χ1n) is 10.3. The summed E-state index contributed by atoms with van der Waals surface area (Å²) < 4.78 is 12.7. The number of aromatic nitrogens is 3. The zero-order chi connectivity index (χ0) is 22.9. The third kappa shape index (κ3) is 3.47. The number of ether oxygens (including phenoxy) is 2. The van der Waals surface area contributed by atoms with Crippen molar-refractivity contribution < 1.29 is 14.3 Å². The van der Waals surface area contributed by atoms with Crippen LogP contribution in [-0.2, 0) is 0 Å². The van der Waals surface area contributed by atoms with E-state index in [9.17, 15) is 4.79 Å². The molecule has 1 amide bonds. The number of hydrogen-bond acceptors (Lipinski definition) is 6. The maximum absolute atomic E-state index is 13.4. The number of methoxy groups -OCH3 is 2. The van der Waals surface area contributed by atoms with E-state index in [2.05, 4.69) is 5.32 Å². The molecule has 2 heterocycles. The van der Waals surface area contributed by atoms with Gasteiger partial charge in [0.05, 0.1) is 30.9 Å². The Morgan fingerprint density at radius 2 is 1.61 bits per heavy atom. The van der Waals surface area contributed by atoms with E-state index >= 15 is 0 Å². The molecule has 0 bridgehead atoms. The van der Waals surface area contributed by atoms with Crippen LogP contribution in [0.2, 0.25) is 0 Å². The molecule has 0 saturated carbocycles. The number of nitrogens with two attached hydrogens (primary N) is 1. The fourth-order valence-electron chi connectivity index (χ4n) is 3.82. The van der Waals surface area contributed by atoms with Gasteiger partial charge in [-0.2, -0.15) is 0 Å². The second-order valence-electron chi connectivity index (χ2n) is 7.34. The highest BCUT2D eigenvalue weighted by atomic mass is 16.5. The number of nitrogens with zero attached hydrogens (tertiary/aromatic N) is 3. The van der Waals surface area contributed by atoms with Crippen LogP contribution in [0, 0.1) is 0 Å². The van der Waals surface area contributed by atoms with Crippen LogP contribution in [0.15, 0.2) is 72.8 Å². The molecule has 0 radical (unpaired) electrons. The number of hydrogen-bond donors (Lipinski definition) is 2. The average molecular weight is 439 g/mol. The smallest absolute Gasteiger partial charge is 0.261 e. The summed E-state index contributed by atoms with van der Waals surface area (Å²) in [6.45, 7) is 0. The van der Waals surface area contributed by atoms with E-state index in [1.54, 1.807) is 49.1 Å². The Labute approximate surface area is 189 Å². The number of fused-ring (bicyclic) bond motifs is 2. The monoisotopic (exact) mass is 439 g/mol. The molecule has 0 fully saturated rings. The van der Waals surface area contributed by atoms with Gasteiger partial charge in [-0.1, -0.05) is 30.3 Å². The predicted octanol–water partition coefficient (Wildman–Crippen LogP) is 4.43. The van der Waals surface area contributed by atoms with E-state index in [-0.39, 0.29) is 17.3 Å². The van der Waals surface area contributed by atoms with E-state index in [1.165, 1.54) is 0 Å². The zero-order valence-electron chi connectivity index (χ0n) is 18.1. The Kier molecular flexibility index (Phi) is 5.02. The number of para-hydroxylation sites is 3. The third-order valence-corrected chi connectivity index (χ3v) is 5.38. The summed E-state index contributed by atoms with van der Waals surface area (Å²) >= 11 is 0. The largest absolute Gasteiger partial charge is 0.497 e. The van der Waals surface area contributed by atoms with Gasteiger partial charge in [-0.25, -0.2) is 9.97 Å². The van der Waals surface area contributed by atoms with Crippen molar-refractivity contribution in [1.82, 2.24) is 14.5 Å². The Hall–Kier alpha value is -4.59. The summed E-state index contributed by atoms with van der Waals surface area (Å²) in [5, 5.41) is 2.90. The van der Waals surface area contributed by atoms with Crippen LogP contribution in [-0.4, -0.2) is 34.7 Å². The molecule has 8 nitrogen and oxygen atoms in total. The van der Waals surface area contributed by atoms with Crippen molar-refractivity contribution in [3.8, 4) is 17.2 Å². The first kappa shape index (κ1) is 20.3. The van der Waals surface area contributed by atoms with Crippen LogP contribution < -0.4 is 20.5 Å². The molecule has 0 aliphatic rings. The molecule has 5 aromatic rings. The molecule has 3 aromatic carbocycles. The first-order valence-corrected chi connectivity index (χ1v) is 10.3. The van der Waals surface area contributed by atoms with Crippen molar-refractivity contribution in [2.24, 2.45) is 0 Å². The van der Waals surface area contributed by atoms with Crippen LogP contribution in [0.4, 0.5) is 11.5 Å². The van der Waals surface area contributed by atoms with Gasteiger partial charge in [0.25, 0.3) is 5.91 Å². The molecular formula is C25H21N5O3. The van der Waals surface area contributed by atoms with E-state index in [4.69, 9.17) is 25.2 Å². The summed E-state index contributed by atoms with van der Waals surface area (Å²) in [7, 11) is 3.14. The van der Waals surface area contributed by atoms with Crippen molar-refractivity contribution in [3.05, 3.63) is 78.4 Å². The van der Waals surface area contributed by atoms with Crippen molar-refractivity contribution in [2.75, 3.05) is 25.3 Å². The molecule has 0 unspecified atom stereocenters. The summed E-state index contributed by atoms with van der Waals surface area (Å²) in [4.78, 5) is 22.9. The topological polar surface area (TPSA) is 104 Å². The molecule has 2 aromatic heterocycles. The number of nitrogens with one attached hydrogen (secondary N) is 1. The van der Waals surface area contributed by atoms with Crippen molar-refractivity contribution >= 4 is 39.6 Å². The third-order valence-electron chi connectivity index (χ3n) is 5.38. The van der Waals surface area contributed by atoms with Gasteiger partial charge in [0.2, 0.25) is 0 Å². The van der Waals surface area contributed by atoms with Gasteiger partial charge in [-0.3, -0.25) is 9.36 Å². The second kappa shape index (κ2) is 8.16. The highest BCUT2D eigenvalue weighted by Crippen LogP contribution is 2.36.